The van der Waals surface area contributed by atoms with Crippen molar-refractivity contribution in [3.05, 3.63) is 34.6 Å². The van der Waals surface area contributed by atoms with Gasteiger partial charge in [0.2, 0.25) is 11.7 Å². The van der Waals surface area contributed by atoms with Crippen molar-refractivity contribution in [1.82, 2.24) is 15.0 Å². The molecule has 2 N–H and O–H groups in total. The van der Waals surface area contributed by atoms with E-state index in [9.17, 15) is 0 Å². The number of hydrogen-bond acceptors (Lipinski definition) is 5. The number of rotatable bonds is 3. The monoisotopic (exact) mass is 362 g/mol. The fourth-order valence-corrected chi connectivity index (χ4v) is 4.18. The summed E-state index contributed by atoms with van der Waals surface area (Å²) in [4.78, 5) is 6.92. The Morgan fingerprint density at radius 1 is 1.32 bits per heavy atom. The van der Waals surface area contributed by atoms with Crippen LogP contribution in [0.1, 0.15) is 18.7 Å². The van der Waals surface area contributed by atoms with E-state index in [1.807, 2.05) is 24.3 Å². The summed E-state index contributed by atoms with van der Waals surface area (Å²) in [5.74, 6) is 2.73. The van der Waals surface area contributed by atoms with Crippen LogP contribution in [0.25, 0.3) is 11.4 Å². The third-order valence-electron chi connectivity index (χ3n) is 4.90. The van der Waals surface area contributed by atoms with E-state index in [0.29, 0.717) is 23.7 Å². The van der Waals surface area contributed by atoms with E-state index in [1.165, 1.54) is 12.8 Å². The third-order valence-corrected chi connectivity index (χ3v) is 5.39. The first-order valence-electron chi connectivity index (χ1n) is 7.75. The maximum absolute atomic E-state index is 6.19. The van der Waals surface area contributed by atoms with E-state index in [2.05, 4.69) is 31.0 Å². The SMILES string of the molecule is NC1CCC2CN(Cc3nc(-c4cccc(Br)c4)no3)CC12. The van der Waals surface area contributed by atoms with Crippen LogP contribution in [0, 0.1) is 11.8 Å². The van der Waals surface area contributed by atoms with Crippen LogP contribution < -0.4 is 5.73 Å². The van der Waals surface area contributed by atoms with Crippen molar-refractivity contribution in [1.29, 1.82) is 0 Å². The number of likely N-dealkylation sites (tertiary alicyclic amines) is 1. The lowest BCUT2D eigenvalue weighted by Gasteiger charge is -2.15. The van der Waals surface area contributed by atoms with Crippen molar-refractivity contribution in [2.75, 3.05) is 13.1 Å². The standard InChI is InChI=1S/C16H19BrN4O/c17-12-3-1-2-10(6-12)16-19-15(22-20-16)9-21-7-11-4-5-14(18)13(11)8-21/h1-3,6,11,13-14H,4-5,7-9,18H2. The lowest BCUT2D eigenvalue weighted by atomic mass is 9.98. The van der Waals surface area contributed by atoms with Gasteiger partial charge >= 0.3 is 0 Å². The number of aromatic nitrogens is 2. The third kappa shape index (κ3) is 2.71. The summed E-state index contributed by atoms with van der Waals surface area (Å²) in [5, 5.41) is 4.10. The van der Waals surface area contributed by atoms with E-state index in [1.54, 1.807) is 0 Å². The van der Waals surface area contributed by atoms with Gasteiger partial charge in [-0.05, 0) is 36.8 Å². The second kappa shape index (κ2) is 5.76. The predicted octanol–water partition coefficient (Wildman–Crippen LogP) is 2.67. The summed E-state index contributed by atoms with van der Waals surface area (Å²) in [6, 6.07) is 8.30. The minimum atomic E-state index is 0.370. The number of benzene rings is 1. The molecule has 2 heterocycles. The molecule has 1 aliphatic heterocycles. The molecule has 4 rings (SSSR count). The van der Waals surface area contributed by atoms with Gasteiger partial charge in [-0.1, -0.05) is 33.2 Å². The van der Waals surface area contributed by atoms with Crippen molar-refractivity contribution in [2.24, 2.45) is 17.6 Å². The molecule has 116 valence electrons. The Hall–Kier alpha value is -1.24. The number of nitrogens with zero attached hydrogens (tertiary/aromatic N) is 3. The minimum absolute atomic E-state index is 0.370. The zero-order chi connectivity index (χ0) is 15.1. The molecule has 0 radical (unpaired) electrons. The summed E-state index contributed by atoms with van der Waals surface area (Å²) in [7, 11) is 0. The highest BCUT2D eigenvalue weighted by Gasteiger charge is 2.41. The van der Waals surface area contributed by atoms with Crippen molar-refractivity contribution >= 4 is 15.9 Å². The van der Waals surface area contributed by atoms with E-state index in [0.717, 1.165) is 35.6 Å². The first kappa shape index (κ1) is 14.4. The molecule has 0 bridgehead atoms. The van der Waals surface area contributed by atoms with Gasteiger partial charge in [0.1, 0.15) is 0 Å². The zero-order valence-electron chi connectivity index (χ0n) is 12.3. The van der Waals surface area contributed by atoms with Gasteiger partial charge in [-0.15, -0.1) is 0 Å². The predicted molar refractivity (Wildman–Crippen MR) is 86.9 cm³/mol. The molecule has 0 amide bonds. The van der Waals surface area contributed by atoms with Gasteiger partial charge in [0.15, 0.2) is 0 Å². The number of hydrogen-bond donors (Lipinski definition) is 1. The topological polar surface area (TPSA) is 68.2 Å². The Morgan fingerprint density at radius 3 is 3.05 bits per heavy atom. The van der Waals surface area contributed by atoms with Crippen LogP contribution in [0.2, 0.25) is 0 Å². The van der Waals surface area contributed by atoms with Gasteiger partial charge in [0.25, 0.3) is 0 Å². The highest BCUT2D eigenvalue weighted by Crippen LogP contribution is 2.37. The molecule has 1 aliphatic carbocycles. The highest BCUT2D eigenvalue weighted by atomic mass is 79.9. The minimum Gasteiger partial charge on any atom is -0.338 e. The molecule has 1 aromatic heterocycles. The van der Waals surface area contributed by atoms with E-state index in [4.69, 9.17) is 10.3 Å². The van der Waals surface area contributed by atoms with Gasteiger partial charge in [0.05, 0.1) is 6.54 Å². The molecule has 2 aromatic rings. The quantitative estimate of drug-likeness (QED) is 0.908. The van der Waals surface area contributed by atoms with Crippen LogP contribution in [0.15, 0.2) is 33.3 Å². The maximum atomic E-state index is 6.19. The Bertz CT molecular complexity index is 674. The second-order valence-corrected chi connectivity index (χ2v) is 7.30. The molecular formula is C16H19BrN4O. The number of nitrogens with two attached hydrogens (primary N) is 1. The Morgan fingerprint density at radius 2 is 2.23 bits per heavy atom. The number of fused-ring (bicyclic) bond motifs is 1. The van der Waals surface area contributed by atoms with E-state index < -0.39 is 0 Å². The van der Waals surface area contributed by atoms with Crippen LogP contribution in [-0.2, 0) is 6.54 Å². The molecule has 3 atom stereocenters. The first-order valence-corrected chi connectivity index (χ1v) is 8.55. The Balaban J connectivity index is 1.45. The normalized spacial score (nSPS) is 28.2. The van der Waals surface area contributed by atoms with Gasteiger partial charge in [-0.25, -0.2) is 0 Å². The molecule has 6 heteroatoms. The van der Waals surface area contributed by atoms with Crippen LogP contribution in [0.3, 0.4) is 0 Å². The highest BCUT2D eigenvalue weighted by molar-refractivity contribution is 9.10. The molecule has 3 unspecified atom stereocenters. The summed E-state index contributed by atoms with van der Waals surface area (Å²) in [6.45, 7) is 2.88. The van der Waals surface area contributed by atoms with E-state index >= 15 is 0 Å². The van der Waals surface area contributed by atoms with Gasteiger partial charge < -0.3 is 10.3 Å². The molecule has 5 nitrogen and oxygen atoms in total. The van der Waals surface area contributed by atoms with E-state index in [-0.39, 0.29) is 0 Å². The van der Waals surface area contributed by atoms with Crippen molar-refractivity contribution < 1.29 is 4.52 Å². The van der Waals surface area contributed by atoms with Crippen molar-refractivity contribution in [3.8, 4) is 11.4 Å². The van der Waals surface area contributed by atoms with Gasteiger partial charge in [0, 0.05) is 29.2 Å². The second-order valence-electron chi connectivity index (χ2n) is 6.38. The molecule has 22 heavy (non-hydrogen) atoms. The largest absolute Gasteiger partial charge is 0.338 e. The van der Waals surface area contributed by atoms with Gasteiger partial charge in [-0.2, -0.15) is 4.98 Å². The van der Waals surface area contributed by atoms with Crippen LogP contribution in [0.5, 0.6) is 0 Å². The zero-order valence-corrected chi connectivity index (χ0v) is 13.9. The number of halogens is 1. The molecule has 1 saturated carbocycles. The first-order chi connectivity index (χ1) is 10.7. The van der Waals surface area contributed by atoms with Crippen molar-refractivity contribution in [3.63, 3.8) is 0 Å². The molecule has 2 fully saturated rings. The van der Waals surface area contributed by atoms with Crippen molar-refractivity contribution in [2.45, 2.75) is 25.4 Å². The lowest BCUT2D eigenvalue weighted by molar-refractivity contribution is 0.250. The summed E-state index contributed by atoms with van der Waals surface area (Å²) in [5.41, 5.74) is 7.15. The molecule has 1 saturated heterocycles. The summed E-state index contributed by atoms with van der Waals surface area (Å²) < 4.78 is 6.43. The van der Waals surface area contributed by atoms with Crippen LogP contribution in [0.4, 0.5) is 0 Å². The van der Waals surface area contributed by atoms with Crippen LogP contribution in [-0.4, -0.2) is 34.2 Å². The smallest absolute Gasteiger partial charge is 0.241 e. The fraction of sp³-hybridized carbons (Fsp3) is 0.500. The average Bonchev–Trinajstić information content (AvgIpc) is 3.18. The molecular weight excluding hydrogens is 344 g/mol. The van der Waals surface area contributed by atoms with Crippen LogP contribution >= 0.6 is 15.9 Å². The summed E-state index contributed by atoms with van der Waals surface area (Å²) >= 11 is 3.46. The molecule has 0 spiro atoms. The average molecular weight is 363 g/mol. The summed E-state index contributed by atoms with van der Waals surface area (Å²) in [6.07, 6.45) is 2.44. The Labute approximate surface area is 138 Å². The molecule has 1 aromatic carbocycles. The van der Waals surface area contributed by atoms with Gasteiger partial charge in [-0.3, -0.25) is 4.90 Å². The lowest BCUT2D eigenvalue weighted by Crippen LogP contribution is -2.30. The maximum Gasteiger partial charge on any atom is 0.241 e. The molecule has 2 aliphatic rings. The Kier molecular flexibility index (Phi) is 3.76. The fourth-order valence-electron chi connectivity index (χ4n) is 3.78.